The van der Waals surface area contributed by atoms with E-state index < -0.39 is 5.97 Å². The smallest absolute Gasteiger partial charge is 0.309 e. The Morgan fingerprint density at radius 2 is 2.60 bits per heavy atom. The molecule has 0 aliphatic heterocycles. The van der Waals surface area contributed by atoms with Crippen LogP contribution in [0, 0.1) is 0 Å². The molecule has 1 heterocycles. The first kappa shape index (κ1) is 7.50. The number of halogens is 1. The highest BCUT2D eigenvalue weighted by atomic mass is 35.5. The quantitative estimate of drug-likeness (QED) is 0.744. The lowest BCUT2D eigenvalue weighted by Gasteiger charge is -1.87. The number of aliphatic carboxylic acids is 1. The molecule has 5 heteroatoms. The second kappa shape index (κ2) is 2.98. The topological polar surface area (TPSA) is 50.2 Å². The summed E-state index contributed by atoms with van der Waals surface area (Å²) in [5, 5.41) is 10.4. The average molecular weight is 178 g/mol. The normalized spacial score (nSPS) is 9.70. The lowest BCUT2D eigenvalue weighted by atomic mass is 10.3. The Morgan fingerprint density at radius 3 is 3.00 bits per heavy atom. The fourth-order valence-corrected chi connectivity index (χ4v) is 1.36. The van der Waals surface area contributed by atoms with Gasteiger partial charge in [0.05, 0.1) is 17.1 Å². The van der Waals surface area contributed by atoms with Crippen molar-refractivity contribution in [3.63, 3.8) is 0 Å². The van der Waals surface area contributed by atoms with Crippen molar-refractivity contribution in [1.82, 2.24) is 4.37 Å². The zero-order chi connectivity index (χ0) is 7.56. The minimum atomic E-state index is -0.909. The summed E-state index contributed by atoms with van der Waals surface area (Å²) < 4.78 is 3.78. The molecule has 1 aromatic rings. The van der Waals surface area contributed by atoms with E-state index in [1.54, 1.807) is 5.38 Å². The summed E-state index contributed by atoms with van der Waals surface area (Å²) in [5.41, 5.74) is 0.444. The predicted molar refractivity (Wildman–Crippen MR) is 38.5 cm³/mol. The molecule has 0 bridgehead atoms. The lowest BCUT2D eigenvalue weighted by molar-refractivity contribution is -0.136. The van der Waals surface area contributed by atoms with Crippen molar-refractivity contribution in [2.24, 2.45) is 0 Å². The van der Waals surface area contributed by atoms with Crippen molar-refractivity contribution in [2.75, 3.05) is 0 Å². The molecular formula is C5H4ClNO2S. The Bertz CT molecular complexity index is 248. The van der Waals surface area contributed by atoms with Crippen LogP contribution in [0.25, 0.3) is 0 Å². The third-order valence-electron chi connectivity index (χ3n) is 0.913. The van der Waals surface area contributed by atoms with Gasteiger partial charge in [-0.2, -0.15) is 4.37 Å². The molecule has 10 heavy (non-hydrogen) atoms. The molecule has 0 aliphatic carbocycles. The highest BCUT2D eigenvalue weighted by Crippen LogP contribution is 2.16. The SMILES string of the molecule is O=C(O)Cc1nscc1Cl. The van der Waals surface area contributed by atoms with E-state index in [4.69, 9.17) is 16.7 Å². The predicted octanol–water partition coefficient (Wildman–Crippen LogP) is 1.42. The maximum Gasteiger partial charge on any atom is 0.309 e. The minimum absolute atomic E-state index is 0.0949. The summed E-state index contributed by atoms with van der Waals surface area (Å²) in [5.74, 6) is -0.909. The number of carboxylic acids is 1. The Labute approximate surface area is 66.4 Å². The molecule has 1 rings (SSSR count). The first-order chi connectivity index (χ1) is 4.70. The number of hydrogen-bond donors (Lipinski definition) is 1. The van der Waals surface area contributed by atoms with E-state index in [-0.39, 0.29) is 6.42 Å². The molecule has 0 fully saturated rings. The zero-order valence-electron chi connectivity index (χ0n) is 4.87. The van der Waals surface area contributed by atoms with Gasteiger partial charge in [0.1, 0.15) is 0 Å². The third-order valence-corrected chi connectivity index (χ3v) is 2.04. The Hall–Kier alpha value is -0.610. The van der Waals surface area contributed by atoms with Crippen LogP contribution in [0.2, 0.25) is 5.02 Å². The second-order valence-electron chi connectivity index (χ2n) is 1.68. The van der Waals surface area contributed by atoms with Crippen molar-refractivity contribution >= 4 is 29.1 Å². The molecule has 0 unspecified atom stereocenters. The molecule has 3 nitrogen and oxygen atoms in total. The van der Waals surface area contributed by atoms with Gasteiger partial charge in [0.25, 0.3) is 0 Å². The van der Waals surface area contributed by atoms with Crippen molar-refractivity contribution in [2.45, 2.75) is 6.42 Å². The van der Waals surface area contributed by atoms with Crippen LogP contribution in [0.1, 0.15) is 5.69 Å². The van der Waals surface area contributed by atoms with Crippen LogP contribution < -0.4 is 0 Å². The van der Waals surface area contributed by atoms with Gasteiger partial charge in [-0.1, -0.05) is 11.6 Å². The van der Waals surface area contributed by atoms with E-state index in [0.29, 0.717) is 10.7 Å². The van der Waals surface area contributed by atoms with Gasteiger partial charge in [-0.3, -0.25) is 4.79 Å². The molecule has 0 atom stereocenters. The van der Waals surface area contributed by atoms with E-state index in [1.165, 1.54) is 0 Å². The first-order valence-electron chi connectivity index (χ1n) is 2.50. The van der Waals surface area contributed by atoms with Crippen LogP contribution in [0.5, 0.6) is 0 Å². The number of aromatic nitrogens is 1. The van der Waals surface area contributed by atoms with E-state index in [9.17, 15) is 4.79 Å². The number of hydrogen-bond acceptors (Lipinski definition) is 3. The molecular weight excluding hydrogens is 174 g/mol. The van der Waals surface area contributed by atoms with Crippen LogP contribution in [0.4, 0.5) is 0 Å². The Balaban J connectivity index is 2.74. The van der Waals surface area contributed by atoms with Crippen molar-refractivity contribution in [3.8, 4) is 0 Å². The van der Waals surface area contributed by atoms with Gasteiger partial charge in [-0.05, 0) is 11.5 Å². The maximum atomic E-state index is 10.1. The standard InChI is InChI=1S/C5H4ClNO2S/c6-3-2-10-7-4(3)1-5(8)9/h2H,1H2,(H,8,9). The molecule has 0 amide bonds. The average Bonchev–Trinajstić information content (AvgIpc) is 2.15. The first-order valence-corrected chi connectivity index (χ1v) is 3.72. The molecule has 54 valence electrons. The van der Waals surface area contributed by atoms with E-state index in [2.05, 4.69) is 4.37 Å². The number of nitrogens with zero attached hydrogens (tertiary/aromatic N) is 1. The van der Waals surface area contributed by atoms with Crippen LogP contribution in [-0.2, 0) is 11.2 Å². The summed E-state index contributed by atoms with van der Waals surface area (Å²) >= 11 is 6.73. The number of carbonyl (C=O) groups is 1. The van der Waals surface area contributed by atoms with Gasteiger partial charge >= 0.3 is 5.97 Å². The summed E-state index contributed by atoms with van der Waals surface area (Å²) in [4.78, 5) is 10.1. The summed E-state index contributed by atoms with van der Waals surface area (Å²) in [7, 11) is 0. The molecule has 0 aliphatic rings. The monoisotopic (exact) mass is 177 g/mol. The summed E-state index contributed by atoms with van der Waals surface area (Å²) in [6, 6.07) is 0. The summed E-state index contributed by atoms with van der Waals surface area (Å²) in [6.45, 7) is 0. The highest BCUT2D eigenvalue weighted by Gasteiger charge is 2.06. The van der Waals surface area contributed by atoms with Crippen molar-refractivity contribution in [3.05, 3.63) is 16.1 Å². The summed E-state index contributed by atoms with van der Waals surface area (Å²) in [6.07, 6.45) is -0.0949. The van der Waals surface area contributed by atoms with E-state index in [1.807, 2.05) is 0 Å². The second-order valence-corrected chi connectivity index (χ2v) is 2.72. The van der Waals surface area contributed by atoms with Gasteiger partial charge in [0.2, 0.25) is 0 Å². The fraction of sp³-hybridized carbons (Fsp3) is 0.200. The number of rotatable bonds is 2. The van der Waals surface area contributed by atoms with Gasteiger partial charge in [0, 0.05) is 5.38 Å². The van der Waals surface area contributed by atoms with Crippen molar-refractivity contribution in [1.29, 1.82) is 0 Å². The Kier molecular flexibility index (Phi) is 2.24. The van der Waals surface area contributed by atoms with Crippen molar-refractivity contribution < 1.29 is 9.90 Å². The molecule has 0 saturated heterocycles. The molecule has 0 spiro atoms. The molecule has 1 N–H and O–H groups in total. The largest absolute Gasteiger partial charge is 0.481 e. The molecule has 1 aromatic heterocycles. The molecule has 0 radical (unpaired) electrons. The maximum absolute atomic E-state index is 10.1. The highest BCUT2D eigenvalue weighted by molar-refractivity contribution is 7.04. The van der Waals surface area contributed by atoms with Gasteiger partial charge < -0.3 is 5.11 Å². The molecule has 0 saturated carbocycles. The van der Waals surface area contributed by atoms with E-state index >= 15 is 0 Å². The fourth-order valence-electron chi connectivity index (χ4n) is 0.508. The van der Waals surface area contributed by atoms with Crippen LogP contribution >= 0.6 is 23.1 Å². The lowest BCUT2D eigenvalue weighted by Crippen LogP contribution is -2.00. The van der Waals surface area contributed by atoms with Gasteiger partial charge in [0.15, 0.2) is 0 Å². The third kappa shape index (κ3) is 1.68. The van der Waals surface area contributed by atoms with Gasteiger partial charge in [-0.25, -0.2) is 0 Å². The number of carboxylic acid groups (broad SMARTS) is 1. The molecule has 0 aromatic carbocycles. The van der Waals surface area contributed by atoms with Crippen LogP contribution in [0.3, 0.4) is 0 Å². The van der Waals surface area contributed by atoms with Gasteiger partial charge in [-0.15, -0.1) is 0 Å². The van der Waals surface area contributed by atoms with Crippen LogP contribution in [-0.4, -0.2) is 15.4 Å². The Morgan fingerprint density at radius 1 is 1.90 bits per heavy atom. The van der Waals surface area contributed by atoms with E-state index in [0.717, 1.165) is 11.5 Å². The van der Waals surface area contributed by atoms with Crippen LogP contribution in [0.15, 0.2) is 5.38 Å². The zero-order valence-corrected chi connectivity index (χ0v) is 6.45. The minimum Gasteiger partial charge on any atom is -0.481 e.